The lowest BCUT2D eigenvalue weighted by atomic mass is 10.2. The van der Waals surface area contributed by atoms with Crippen molar-refractivity contribution in [1.82, 2.24) is 9.78 Å². The maximum Gasteiger partial charge on any atom is 0.0761 e. The lowest BCUT2D eigenvalue weighted by molar-refractivity contribution is 0.846. The Balaban J connectivity index is 2.27. The summed E-state index contributed by atoms with van der Waals surface area (Å²) in [5.41, 5.74) is 9.94. The molecule has 0 saturated heterocycles. The summed E-state index contributed by atoms with van der Waals surface area (Å²) in [6, 6.07) is 8.32. The summed E-state index contributed by atoms with van der Waals surface area (Å²) < 4.78 is 1.93. The summed E-state index contributed by atoms with van der Waals surface area (Å²) in [4.78, 5) is 0. The lowest BCUT2D eigenvalue weighted by Gasteiger charge is -2.06. The Morgan fingerprint density at radius 2 is 1.94 bits per heavy atom. The van der Waals surface area contributed by atoms with Crippen LogP contribution < -0.4 is 11.1 Å². The van der Waals surface area contributed by atoms with Crippen molar-refractivity contribution in [2.75, 3.05) is 18.4 Å². The molecule has 17 heavy (non-hydrogen) atoms. The molecule has 0 aliphatic heterocycles. The van der Waals surface area contributed by atoms with Crippen LogP contribution in [0.4, 0.5) is 5.69 Å². The zero-order valence-corrected chi connectivity index (χ0v) is 10.3. The number of hydrogen-bond donors (Lipinski definition) is 2. The fourth-order valence-electron chi connectivity index (χ4n) is 1.74. The Morgan fingerprint density at radius 1 is 1.24 bits per heavy atom. The molecule has 2 rings (SSSR count). The smallest absolute Gasteiger partial charge is 0.0761 e. The molecule has 0 spiro atoms. The van der Waals surface area contributed by atoms with Gasteiger partial charge in [-0.2, -0.15) is 5.10 Å². The van der Waals surface area contributed by atoms with Gasteiger partial charge in [0.05, 0.1) is 23.3 Å². The van der Waals surface area contributed by atoms with Crippen LogP contribution in [-0.2, 0) is 0 Å². The van der Waals surface area contributed by atoms with Crippen LogP contribution in [0, 0.1) is 13.8 Å². The Morgan fingerprint density at radius 3 is 2.59 bits per heavy atom. The maximum absolute atomic E-state index is 5.47. The zero-order valence-electron chi connectivity index (χ0n) is 10.3. The Bertz CT molecular complexity index is 485. The number of aromatic nitrogens is 2. The molecule has 0 aliphatic rings. The van der Waals surface area contributed by atoms with Gasteiger partial charge in [0.15, 0.2) is 0 Å². The molecule has 3 N–H and O–H groups in total. The van der Waals surface area contributed by atoms with E-state index in [1.54, 1.807) is 0 Å². The molecule has 2 aromatic rings. The van der Waals surface area contributed by atoms with Crippen molar-refractivity contribution in [2.24, 2.45) is 5.73 Å². The third-order valence-electron chi connectivity index (χ3n) is 2.75. The minimum atomic E-state index is 0.620. The summed E-state index contributed by atoms with van der Waals surface area (Å²) in [5.74, 6) is 0. The fraction of sp³-hybridized carbons (Fsp3) is 0.308. The van der Waals surface area contributed by atoms with Crippen molar-refractivity contribution in [3.63, 3.8) is 0 Å². The van der Waals surface area contributed by atoms with Crippen LogP contribution in [0.3, 0.4) is 0 Å². The normalized spacial score (nSPS) is 10.5. The SMILES string of the molecule is Cc1ccc(-n2ncc(NCCN)c2C)cc1. The first kappa shape index (κ1) is 11.7. The van der Waals surface area contributed by atoms with Gasteiger partial charge in [0.25, 0.3) is 0 Å². The number of aryl methyl sites for hydroxylation is 1. The van der Waals surface area contributed by atoms with E-state index in [0.29, 0.717) is 6.54 Å². The molecule has 0 atom stereocenters. The van der Waals surface area contributed by atoms with Gasteiger partial charge < -0.3 is 11.1 Å². The highest BCUT2D eigenvalue weighted by Crippen LogP contribution is 2.18. The van der Waals surface area contributed by atoms with E-state index in [1.807, 2.05) is 17.8 Å². The van der Waals surface area contributed by atoms with E-state index in [2.05, 4.69) is 41.6 Å². The molecule has 1 heterocycles. The maximum atomic E-state index is 5.47. The summed E-state index contributed by atoms with van der Waals surface area (Å²) in [7, 11) is 0. The third-order valence-corrected chi connectivity index (χ3v) is 2.75. The number of nitrogens with one attached hydrogen (secondary N) is 1. The van der Waals surface area contributed by atoms with Crippen LogP contribution in [0.15, 0.2) is 30.5 Å². The topological polar surface area (TPSA) is 55.9 Å². The second-order valence-electron chi connectivity index (χ2n) is 4.11. The Labute approximate surface area is 101 Å². The first-order valence-corrected chi connectivity index (χ1v) is 5.78. The van der Waals surface area contributed by atoms with Gasteiger partial charge in [-0.1, -0.05) is 17.7 Å². The van der Waals surface area contributed by atoms with Crippen molar-refractivity contribution in [3.8, 4) is 5.69 Å². The van der Waals surface area contributed by atoms with Gasteiger partial charge in [0.2, 0.25) is 0 Å². The van der Waals surface area contributed by atoms with E-state index in [0.717, 1.165) is 23.6 Å². The van der Waals surface area contributed by atoms with Crippen molar-refractivity contribution in [3.05, 3.63) is 41.7 Å². The van der Waals surface area contributed by atoms with Crippen LogP contribution in [0.5, 0.6) is 0 Å². The number of benzene rings is 1. The number of anilines is 1. The first-order valence-electron chi connectivity index (χ1n) is 5.78. The van der Waals surface area contributed by atoms with E-state index < -0.39 is 0 Å². The molecule has 0 amide bonds. The van der Waals surface area contributed by atoms with Gasteiger partial charge in [0, 0.05) is 13.1 Å². The van der Waals surface area contributed by atoms with E-state index >= 15 is 0 Å². The fourth-order valence-corrected chi connectivity index (χ4v) is 1.74. The quantitative estimate of drug-likeness (QED) is 0.843. The third kappa shape index (κ3) is 2.47. The number of rotatable bonds is 4. The summed E-state index contributed by atoms with van der Waals surface area (Å²) in [5, 5.41) is 7.64. The summed E-state index contributed by atoms with van der Waals surface area (Å²) >= 11 is 0. The number of nitrogens with zero attached hydrogens (tertiary/aromatic N) is 2. The predicted molar refractivity (Wildman–Crippen MR) is 70.6 cm³/mol. The van der Waals surface area contributed by atoms with Gasteiger partial charge >= 0.3 is 0 Å². The Hall–Kier alpha value is -1.81. The average Bonchev–Trinajstić information content (AvgIpc) is 2.69. The van der Waals surface area contributed by atoms with Gasteiger partial charge in [0.1, 0.15) is 0 Å². The van der Waals surface area contributed by atoms with Crippen LogP contribution >= 0.6 is 0 Å². The molecule has 0 aliphatic carbocycles. The zero-order chi connectivity index (χ0) is 12.3. The predicted octanol–water partition coefficient (Wildman–Crippen LogP) is 1.86. The van der Waals surface area contributed by atoms with Gasteiger partial charge in [-0.3, -0.25) is 0 Å². The van der Waals surface area contributed by atoms with E-state index in [1.165, 1.54) is 5.56 Å². The number of hydrogen-bond acceptors (Lipinski definition) is 3. The van der Waals surface area contributed by atoms with Crippen molar-refractivity contribution in [2.45, 2.75) is 13.8 Å². The van der Waals surface area contributed by atoms with E-state index in [4.69, 9.17) is 5.73 Å². The van der Waals surface area contributed by atoms with Crippen molar-refractivity contribution in [1.29, 1.82) is 0 Å². The molecule has 4 nitrogen and oxygen atoms in total. The highest BCUT2D eigenvalue weighted by molar-refractivity contribution is 5.49. The van der Waals surface area contributed by atoms with Gasteiger partial charge in [-0.25, -0.2) is 4.68 Å². The van der Waals surface area contributed by atoms with E-state index in [-0.39, 0.29) is 0 Å². The number of nitrogens with two attached hydrogens (primary N) is 1. The molecular formula is C13H18N4. The van der Waals surface area contributed by atoms with Crippen LogP contribution in [0.25, 0.3) is 5.69 Å². The van der Waals surface area contributed by atoms with E-state index in [9.17, 15) is 0 Å². The molecular weight excluding hydrogens is 212 g/mol. The molecule has 0 bridgehead atoms. The summed E-state index contributed by atoms with van der Waals surface area (Å²) in [6.45, 7) is 5.51. The molecule has 0 unspecified atom stereocenters. The first-order chi connectivity index (χ1) is 8.22. The average molecular weight is 230 g/mol. The molecule has 0 saturated carbocycles. The van der Waals surface area contributed by atoms with Gasteiger partial charge in [-0.05, 0) is 26.0 Å². The van der Waals surface area contributed by atoms with Crippen LogP contribution in [0.1, 0.15) is 11.3 Å². The second-order valence-corrected chi connectivity index (χ2v) is 4.11. The van der Waals surface area contributed by atoms with Crippen molar-refractivity contribution >= 4 is 5.69 Å². The standard InChI is InChI=1S/C13H18N4/c1-10-3-5-12(6-4-10)17-11(2)13(9-16-17)15-8-7-14/h3-6,9,15H,7-8,14H2,1-2H3. The monoisotopic (exact) mass is 230 g/mol. The largest absolute Gasteiger partial charge is 0.381 e. The highest BCUT2D eigenvalue weighted by atomic mass is 15.3. The molecule has 90 valence electrons. The molecule has 0 radical (unpaired) electrons. The minimum Gasteiger partial charge on any atom is -0.381 e. The lowest BCUT2D eigenvalue weighted by Crippen LogP contribution is -2.13. The minimum absolute atomic E-state index is 0.620. The highest BCUT2D eigenvalue weighted by Gasteiger charge is 2.06. The Kier molecular flexibility index (Phi) is 3.44. The summed E-state index contributed by atoms with van der Waals surface area (Å²) in [6.07, 6.45) is 1.84. The molecule has 4 heteroatoms. The molecule has 1 aromatic heterocycles. The molecule has 1 aromatic carbocycles. The van der Waals surface area contributed by atoms with Crippen LogP contribution in [-0.4, -0.2) is 22.9 Å². The second kappa shape index (κ2) is 5.01. The van der Waals surface area contributed by atoms with Gasteiger partial charge in [-0.15, -0.1) is 0 Å². The van der Waals surface area contributed by atoms with Crippen LogP contribution in [0.2, 0.25) is 0 Å². The van der Waals surface area contributed by atoms with Crippen molar-refractivity contribution < 1.29 is 0 Å². The molecule has 0 fully saturated rings.